The molecule has 0 radical (unpaired) electrons. The Morgan fingerprint density at radius 2 is 1.91 bits per heavy atom. The number of halogens is 1. The van der Waals surface area contributed by atoms with Gasteiger partial charge in [0.05, 0.1) is 12.3 Å². The van der Waals surface area contributed by atoms with Crippen molar-refractivity contribution in [3.05, 3.63) is 75.8 Å². The third kappa shape index (κ3) is 5.00. The molecular formula is C28H30FNO5. The van der Waals surface area contributed by atoms with Gasteiger partial charge in [-0.15, -0.1) is 0 Å². The summed E-state index contributed by atoms with van der Waals surface area (Å²) in [7, 11) is 1.64. The summed E-state index contributed by atoms with van der Waals surface area (Å²) in [4.78, 5) is 24.4. The Bertz CT molecular complexity index is 1320. The molecule has 2 heterocycles. The Balaban J connectivity index is 1.93. The number of carboxylic acid groups (broad SMARTS) is 1. The summed E-state index contributed by atoms with van der Waals surface area (Å²) >= 11 is 0. The van der Waals surface area contributed by atoms with Gasteiger partial charge in [0, 0.05) is 49.6 Å². The summed E-state index contributed by atoms with van der Waals surface area (Å²) in [6.45, 7) is 7.28. The Labute approximate surface area is 203 Å². The van der Waals surface area contributed by atoms with Crippen LogP contribution in [0.3, 0.4) is 0 Å². The highest BCUT2D eigenvalue weighted by atomic mass is 19.1. The van der Waals surface area contributed by atoms with Crippen molar-refractivity contribution in [1.82, 2.24) is 4.57 Å². The summed E-state index contributed by atoms with van der Waals surface area (Å²) < 4.78 is 27.3. The van der Waals surface area contributed by atoms with Crippen molar-refractivity contribution in [2.45, 2.75) is 39.7 Å². The van der Waals surface area contributed by atoms with E-state index in [1.54, 1.807) is 13.2 Å². The molecule has 1 unspecified atom stereocenters. The fraction of sp³-hybridized carbons (Fsp3) is 0.357. The highest BCUT2D eigenvalue weighted by Crippen LogP contribution is 2.46. The maximum Gasteiger partial charge on any atom is 0.341 e. The number of ether oxygens (including phenoxy) is 2. The molecule has 0 fully saturated rings. The van der Waals surface area contributed by atoms with Crippen molar-refractivity contribution in [2.24, 2.45) is 5.41 Å². The number of rotatable bonds is 7. The van der Waals surface area contributed by atoms with E-state index in [-0.39, 0.29) is 22.8 Å². The largest absolute Gasteiger partial charge is 0.493 e. The van der Waals surface area contributed by atoms with E-state index < -0.39 is 11.4 Å². The van der Waals surface area contributed by atoms with E-state index in [2.05, 4.69) is 20.8 Å². The van der Waals surface area contributed by atoms with Gasteiger partial charge in [-0.05, 0) is 47.2 Å². The number of hydrogen-bond donors (Lipinski definition) is 1. The number of hydrogen-bond acceptors (Lipinski definition) is 4. The molecule has 0 saturated heterocycles. The summed E-state index contributed by atoms with van der Waals surface area (Å²) in [6.07, 6.45) is 2.79. The molecule has 1 aliphatic rings. The number of nitrogens with zero attached hydrogens (tertiary/aromatic N) is 1. The Kier molecular flexibility index (Phi) is 6.81. The first-order valence-corrected chi connectivity index (χ1v) is 11.6. The van der Waals surface area contributed by atoms with Crippen LogP contribution in [0.2, 0.25) is 0 Å². The molecule has 184 valence electrons. The van der Waals surface area contributed by atoms with E-state index in [0.717, 1.165) is 11.1 Å². The van der Waals surface area contributed by atoms with E-state index in [4.69, 9.17) is 9.47 Å². The van der Waals surface area contributed by atoms with Crippen LogP contribution in [-0.2, 0) is 11.2 Å². The van der Waals surface area contributed by atoms with E-state index in [1.165, 1.54) is 24.4 Å². The normalized spacial score (nSPS) is 14.8. The standard InChI is InChI=1S/C28H30FNO5/c1-28(2,3)26-13-18-12-25(35-10-6-9-34-4)21(17-7-5-8-19(29)11-17)14-20(18)23-15-24(31)22(27(32)33)16-30(23)26/h5,7-8,11-12,14-16,26H,6,9-10,13H2,1-4H3,(H,32,33). The van der Waals surface area contributed by atoms with Crippen molar-refractivity contribution in [3.63, 3.8) is 0 Å². The second-order valence-corrected chi connectivity index (χ2v) is 9.95. The van der Waals surface area contributed by atoms with E-state index in [0.29, 0.717) is 48.6 Å². The number of aromatic nitrogens is 1. The minimum atomic E-state index is -1.25. The van der Waals surface area contributed by atoms with Gasteiger partial charge in [-0.2, -0.15) is 0 Å². The molecule has 6 nitrogen and oxygen atoms in total. The van der Waals surface area contributed by atoms with Gasteiger partial charge in [0.25, 0.3) is 0 Å². The van der Waals surface area contributed by atoms with Gasteiger partial charge in [0.2, 0.25) is 0 Å². The number of pyridine rings is 1. The van der Waals surface area contributed by atoms with Crippen LogP contribution >= 0.6 is 0 Å². The molecule has 7 heteroatoms. The summed E-state index contributed by atoms with van der Waals surface area (Å²) in [5, 5.41) is 9.55. The molecule has 3 aromatic rings. The van der Waals surface area contributed by atoms with Crippen LogP contribution in [0.25, 0.3) is 22.4 Å². The fourth-order valence-electron chi connectivity index (χ4n) is 4.63. The van der Waals surface area contributed by atoms with E-state index >= 15 is 0 Å². The summed E-state index contributed by atoms with van der Waals surface area (Å²) in [5.74, 6) is -0.971. The Morgan fingerprint density at radius 3 is 2.57 bits per heavy atom. The average Bonchev–Trinajstić information content (AvgIpc) is 2.79. The van der Waals surface area contributed by atoms with Crippen LogP contribution in [0.5, 0.6) is 5.75 Å². The smallest absolute Gasteiger partial charge is 0.341 e. The summed E-state index contributed by atoms with van der Waals surface area (Å²) in [6, 6.07) is 11.5. The Hall–Kier alpha value is -3.45. The molecule has 0 aliphatic carbocycles. The molecule has 0 amide bonds. The van der Waals surface area contributed by atoms with Crippen LogP contribution in [0, 0.1) is 11.2 Å². The lowest BCUT2D eigenvalue weighted by Gasteiger charge is -2.39. The maximum atomic E-state index is 14.1. The number of methoxy groups -OCH3 is 1. The van der Waals surface area contributed by atoms with Gasteiger partial charge in [0.1, 0.15) is 17.1 Å². The van der Waals surface area contributed by atoms with Gasteiger partial charge >= 0.3 is 5.97 Å². The number of aromatic carboxylic acids is 1. The predicted molar refractivity (Wildman–Crippen MR) is 133 cm³/mol. The molecule has 0 bridgehead atoms. The van der Waals surface area contributed by atoms with Crippen molar-refractivity contribution in [2.75, 3.05) is 20.3 Å². The predicted octanol–water partition coefficient (Wildman–Crippen LogP) is 5.58. The van der Waals surface area contributed by atoms with Crippen molar-refractivity contribution >= 4 is 5.97 Å². The third-order valence-corrected chi connectivity index (χ3v) is 6.43. The maximum absolute atomic E-state index is 14.1. The second kappa shape index (κ2) is 9.66. The van der Waals surface area contributed by atoms with Crippen molar-refractivity contribution in [3.8, 4) is 28.1 Å². The summed E-state index contributed by atoms with van der Waals surface area (Å²) in [5.41, 5.74) is 2.80. The average molecular weight is 480 g/mol. The lowest BCUT2D eigenvalue weighted by atomic mass is 9.78. The molecular weight excluding hydrogens is 449 g/mol. The lowest BCUT2D eigenvalue weighted by Crippen LogP contribution is -2.32. The van der Waals surface area contributed by atoms with Crippen LogP contribution in [0.15, 0.2) is 53.5 Å². The van der Waals surface area contributed by atoms with Gasteiger partial charge in [-0.25, -0.2) is 9.18 Å². The number of fused-ring (bicyclic) bond motifs is 3. The zero-order valence-electron chi connectivity index (χ0n) is 20.4. The van der Waals surface area contributed by atoms with Gasteiger partial charge < -0.3 is 19.1 Å². The highest BCUT2D eigenvalue weighted by molar-refractivity contribution is 5.88. The van der Waals surface area contributed by atoms with E-state index in [1.807, 2.05) is 22.8 Å². The third-order valence-electron chi connectivity index (χ3n) is 6.43. The van der Waals surface area contributed by atoms with Gasteiger partial charge in [-0.1, -0.05) is 32.9 Å². The van der Waals surface area contributed by atoms with Gasteiger partial charge in [-0.3, -0.25) is 4.79 Å². The quantitative estimate of drug-likeness (QED) is 0.448. The lowest BCUT2D eigenvalue weighted by molar-refractivity contribution is 0.0693. The molecule has 35 heavy (non-hydrogen) atoms. The van der Waals surface area contributed by atoms with Crippen LogP contribution < -0.4 is 10.2 Å². The zero-order valence-corrected chi connectivity index (χ0v) is 20.4. The number of benzene rings is 2. The topological polar surface area (TPSA) is 77.8 Å². The minimum Gasteiger partial charge on any atom is -0.493 e. The van der Waals surface area contributed by atoms with Crippen LogP contribution in [0.4, 0.5) is 4.39 Å². The van der Waals surface area contributed by atoms with Crippen molar-refractivity contribution < 1.29 is 23.8 Å². The minimum absolute atomic E-state index is 0.0786. The van der Waals surface area contributed by atoms with Crippen molar-refractivity contribution in [1.29, 1.82) is 0 Å². The molecule has 1 N–H and O–H groups in total. The second-order valence-electron chi connectivity index (χ2n) is 9.95. The monoisotopic (exact) mass is 479 g/mol. The van der Waals surface area contributed by atoms with Gasteiger partial charge in [0.15, 0.2) is 5.43 Å². The van der Waals surface area contributed by atoms with E-state index in [9.17, 15) is 19.1 Å². The highest BCUT2D eigenvalue weighted by Gasteiger charge is 2.34. The van der Waals surface area contributed by atoms with Crippen LogP contribution in [0.1, 0.15) is 49.2 Å². The van der Waals surface area contributed by atoms with Crippen LogP contribution in [-0.4, -0.2) is 36.0 Å². The SMILES string of the molecule is COCCCOc1cc2c(cc1-c1cccc(F)c1)-c1cc(=O)c(C(=O)O)cn1C(C(C)(C)C)C2. The first-order valence-electron chi connectivity index (χ1n) is 11.6. The zero-order chi connectivity index (χ0) is 25.3. The first-order chi connectivity index (χ1) is 16.6. The molecule has 2 aromatic carbocycles. The Morgan fingerprint density at radius 1 is 1.14 bits per heavy atom. The fourth-order valence-corrected chi connectivity index (χ4v) is 4.63. The molecule has 4 rings (SSSR count). The number of carboxylic acids is 1. The molecule has 1 atom stereocenters. The number of carbonyl (C=O) groups is 1. The molecule has 0 saturated carbocycles. The first kappa shape index (κ1) is 24.7. The molecule has 1 aromatic heterocycles. The molecule has 0 spiro atoms. The molecule has 1 aliphatic heterocycles.